The molecule has 0 spiro atoms. The van der Waals surface area contributed by atoms with E-state index in [-0.39, 0.29) is 11.5 Å². The van der Waals surface area contributed by atoms with Gasteiger partial charge in [0.15, 0.2) is 0 Å². The quantitative estimate of drug-likeness (QED) is 0.648. The highest BCUT2D eigenvalue weighted by atomic mass is 19.4. The van der Waals surface area contributed by atoms with Crippen molar-refractivity contribution >= 4 is 5.70 Å². The molecule has 30 heavy (non-hydrogen) atoms. The minimum absolute atomic E-state index is 0.277. The smallest absolute Gasteiger partial charge is 0.375 e. The lowest BCUT2D eigenvalue weighted by molar-refractivity contribution is -0.202. The van der Waals surface area contributed by atoms with Gasteiger partial charge in [-0.25, -0.2) is 0 Å². The van der Waals surface area contributed by atoms with E-state index in [1.165, 1.54) is 12.1 Å². The molecule has 4 rings (SSSR count). The van der Waals surface area contributed by atoms with E-state index in [0.717, 1.165) is 48.3 Å². The number of halogens is 3. The Kier molecular flexibility index (Phi) is 5.64. The van der Waals surface area contributed by atoms with E-state index in [4.69, 9.17) is 9.47 Å². The maximum absolute atomic E-state index is 12.8. The van der Waals surface area contributed by atoms with Crippen molar-refractivity contribution in [1.29, 1.82) is 0 Å². The number of benzene rings is 2. The first-order valence-corrected chi connectivity index (χ1v) is 10.2. The van der Waals surface area contributed by atoms with Crippen molar-refractivity contribution in [3.8, 4) is 0 Å². The number of methoxy groups -OCH3 is 1. The summed E-state index contributed by atoms with van der Waals surface area (Å²) in [5.41, 5.74) is 3.20. The third-order valence-electron chi connectivity index (χ3n) is 6.39. The summed E-state index contributed by atoms with van der Waals surface area (Å²) >= 11 is 0. The second-order valence-corrected chi connectivity index (χ2v) is 8.10. The fraction of sp³-hybridized carbons (Fsp3) is 0.417. The van der Waals surface area contributed by atoms with Crippen molar-refractivity contribution in [3.05, 3.63) is 77.4 Å². The number of alkyl halides is 3. The molecule has 2 saturated heterocycles. The molecule has 0 atom stereocenters. The maximum atomic E-state index is 12.8. The molecule has 2 heterocycles. The number of ether oxygens (including phenoxy) is 2. The predicted molar refractivity (Wildman–Crippen MR) is 110 cm³/mol. The van der Waals surface area contributed by atoms with Crippen LogP contribution in [0.5, 0.6) is 0 Å². The molecule has 2 aliphatic heterocycles. The number of nitrogens with zero attached hydrogens (tertiary/aromatic N) is 1. The summed E-state index contributed by atoms with van der Waals surface area (Å²) in [6, 6.07) is 13.9. The fourth-order valence-corrected chi connectivity index (χ4v) is 4.27. The first kappa shape index (κ1) is 20.9. The van der Waals surface area contributed by atoms with Gasteiger partial charge in [-0.2, -0.15) is 13.2 Å². The van der Waals surface area contributed by atoms with Crippen LogP contribution in [-0.2, 0) is 21.3 Å². The van der Waals surface area contributed by atoms with Crippen molar-refractivity contribution in [2.75, 3.05) is 33.4 Å². The normalized spacial score (nSPS) is 19.4. The Balaban J connectivity index is 1.36. The van der Waals surface area contributed by atoms with Gasteiger partial charge in [-0.3, -0.25) is 0 Å². The Morgan fingerprint density at radius 1 is 1.03 bits per heavy atom. The third-order valence-corrected chi connectivity index (χ3v) is 6.39. The van der Waals surface area contributed by atoms with Crippen LogP contribution in [0, 0.1) is 0 Å². The Morgan fingerprint density at radius 2 is 1.63 bits per heavy atom. The standard InChI is InChI=1S/C24H26F3NO2/c1-17(18-3-7-21(8-4-18)23(29-2)15-30-16-23)28-13-11-20(12-14-28)19-5-9-22(10-6-19)24(25,26)27/h3-10,20H,1,11-16H2,2H3. The first-order valence-electron chi connectivity index (χ1n) is 10.2. The highest BCUT2D eigenvalue weighted by Gasteiger charge is 2.40. The summed E-state index contributed by atoms with van der Waals surface area (Å²) in [5.74, 6) is 0.277. The molecule has 0 saturated carbocycles. The molecular weight excluding hydrogens is 391 g/mol. The van der Waals surface area contributed by atoms with Gasteiger partial charge in [0.25, 0.3) is 0 Å². The van der Waals surface area contributed by atoms with Crippen LogP contribution in [0.2, 0.25) is 0 Å². The summed E-state index contributed by atoms with van der Waals surface area (Å²) in [7, 11) is 1.70. The van der Waals surface area contributed by atoms with Gasteiger partial charge in [0.1, 0.15) is 5.60 Å². The third kappa shape index (κ3) is 3.98. The highest BCUT2D eigenvalue weighted by Crippen LogP contribution is 2.36. The van der Waals surface area contributed by atoms with Gasteiger partial charge < -0.3 is 14.4 Å². The number of hydrogen-bond acceptors (Lipinski definition) is 3. The molecule has 0 N–H and O–H groups in total. The van der Waals surface area contributed by atoms with Crippen molar-refractivity contribution < 1.29 is 22.6 Å². The molecule has 2 aliphatic rings. The minimum Gasteiger partial charge on any atom is -0.375 e. The van der Waals surface area contributed by atoms with Crippen LogP contribution < -0.4 is 0 Å². The van der Waals surface area contributed by atoms with Crippen LogP contribution in [0.15, 0.2) is 55.1 Å². The van der Waals surface area contributed by atoms with Crippen molar-refractivity contribution in [1.82, 2.24) is 4.90 Å². The van der Waals surface area contributed by atoms with Crippen LogP contribution in [0.3, 0.4) is 0 Å². The van der Waals surface area contributed by atoms with Crippen molar-refractivity contribution in [2.45, 2.75) is 30.5 Å². The summed E-state index contributed by atoms with van der Waals surface area (Å²) in [6.45, 7) is 7.09. The van der Waals surface area contributed by atoms with Gasteiger partial charge in [-0.15, -0.1) is 0 Å². The Labute approximate surface area is 175 Å². The molecule has 160 valence electrons. The molecule has 0 unspecified atom stereocenters. The number of likely N-dealkylation sites (tertiary alicyclic amines) is 1. The van der Waals surface area contributed by atoms with E-state index in [1.54, 1.807) is 19.2 Å². The molecule has 2 aromatic carbocycles. The second kappa shape index (κ2) is 8.08. The monoisotopic (exact) mass is 417 g/mol. The summed E-state index contributed by atoms with van der Waals surface area (Å²) in [4.78, 5) is 2.26. The molecule has 2 aromatic rings. The number of rotatable bonds is 5. The average Bonchev–Trinajstić information content (AvgIpc) is 2.73. The zero-order chi connectivity index (χ0) is 21.4. The van der Waals surface area contributed by atoms with Gasteiger partial charge in [-0.1, -0.05) is 43.0 Å². The Hall–Kier alpha value is -2.31. The average molecular weight is 417 g/mol. The van der Waals surface area contributed by atoms with Gasteiger partial charge in [0.2, 0.25) is 0 Å². The summed E-state index contributed by atoms with van der Waals surface area (Å²) < 4.78 is 49.3. The lowest BCUT2D eigenvalue weighted by atomic mass is 9.88. The predicted octanol–water partition coefficient (Wildman–Crippen LogP) is 5.43. The van der Waals surface area contributed by atoms with Crippen molar-refractivity contribution in [2.24, 2.45) is 0 Å². The molecule has 6 heteroatoms. The van der Waals surface area contributed by atoms with Gasteiger partial charge in [0.05, 0.1) is 18.8 Å². The Bertz CT molecular complexity index is 873. The zero-order valence-electron chi connectivity index (χ0n) is 17.0. The largest absolute Gasteiger partial charge is 0.416 e. The lowest BCUT2D eigenvalue weighted by Gasteiger charge is -2.40. The number of piperidine rings is 1. The Morgan fingerprint density at radius 3 is 2.10 bits per heavy atom. The molecular formula is C24H26F3NO2. The van der Waals surface area contributed by atoms with E-state index in [1.807, 2.05) is 0 Å². The van der Waals surface area contributed by atoms with Crippen LogP contribution in [0.25, 0.3) is 5.70 Å². The number of hydrogen-bond donors (Lipinski definition) is 0. The fourth-order valence-electron chi connectivity index (χ4n) is 4.27. The minimum atomic E-state index is -4.29. The molecule has 2 fully saturated rings. The second-order valence-electron chi connectivity index (χ2n) is 8.10. The van der Waals surface area contributed by atoms with Gasteiger partial charge in [0, 0.05) is 25.9 Å². The zero-order valence-corrected chi connectivity index (χ0v) is 17.0. The lowest BCUT2D eigenvalue weighted by Crippen LogP contribution is -2.48. The van der Waals surface area contributed by atoms with Gasteiger partial charge >= 0.3 is 6.18 Å². The topological polar surface area (TPSA) is 21.7 Å². The SMILES string of the molecule is C=C(c1ccc(C2(OC)COC2)cc1)N1CCC(c2ccc(C(F)(F)F)cc2)CC1. The first-order chi connectivity index (χ1) is 14.3. The summed E-state index contributed by atoms with van der Waals surface area (Å²) in [6.07, 6.45) is -2.50. The van der Waals surface area contributed by atoms with E-state index in [2.05, 4.69) is 35.7 Å². The molecule has 0 bridgehead atoms. The van der Waals surface area contributed by atoms with Crippen LogP contribution >= 0.6 is 0 Å². The molecule has 0 amide bonds. The molecule has 3 nitrogen and oxygen atoms in total. The van der Waals surface area contributed by atoms with E-state index < -0.39 is 11.7 Å². The van der Waals surface area contributed by atoms with Crippen LogP contribution in [0.4, 0.5) is 13.2 Å². The van der Waals surface area contributed by atoms with E-state index in [9.17, 15) is 13.2 Å². The summed E-state index contributed by atoms with van der Waals surface area (Å²) in [5, 5.41) is 0. The van der Waals surface area contributed by atoms with Gasteiger partial charge in [-0.05, 0) is 47.6 Å². The van der Waals surface area contributed by atoms with E-state index in [0.29, 0.717) is 13.2 Å². The van der Waals surface area contributed by atoms with E-state index >= 15 is 0 Å². The molecule has 0 aromatic heterocycles. The molecule has 0 radical (unpaired) electrons. The van der Waals surface area contributed by atoms with Crippen molar-refractivity contribution in [3.63, 3.8) is 0 Å². The van der Waals surface area contributed by atoms with Crippen LogP contribution in [0.1, 0.15) is 41.0 Å². The highest BCUT2D eigenvalue weighted by molar-refractivity contribution is 5.62. The molecule has 0 aliphatic carbocycles. The van der Waals surface area contributed by atoms with Crippen LogP contribution in [-0.4, -0.2) is 38.3 Å². The maximum Gasteiger partial charge on any atom is 0.416 e.